The monoisotopic (exact) mass is 376 g/mol. The summed E-state index contributed by atoms with van der Waals surface area (Å²) < 4.78 is 18.6. The van der Waals surface area contributed by atoms with E-state index < -0.39 is 0 Å². The standard InChI is InChI=1S/C20H25FN2O2S/c1-14(26-18-10-8-17(25-4)9-11-18)20(24)22-13-19(23(2)3)15-6-5-7-16(21)12-15/h5-12,14,19H,13H2,1-4H3,(H,22,24)/t14-,19-/m0/s1. The van der Waals surface area contributed by atoms with Gasteiger partial charge in [-0.1, -0.05) is 12.1 Å². The quantitative estimate of drug-likeness (QED) is 0.713. The third-order valence-corrected chi connectivity index (χ3v) is 5.18. The van der Waals surface area contributed by atoms with Crippen molar-refractivity contribution in [3.05, 3.63) is 59.9 Å². The maximum Gasteiger partial charge on any atom is 0.233 e. The first kappa shape index (κ1) is 20.3. The second-order valence-corrected chi connectivity index (χ2v) is 7.63. The van der Waals surface area contributed by atoms with Gasteiger partial charge in [0.1, 0.15) is 11.6 Å². The van der Waals surface area contributed by atoms with Crippen LogP contribution >= 0.6 is 11.8 Å². The Hall–Kier alpha value is -2.05. The number of carbonyl (C=O) groups is 1. The Bertz CT molecular complexity index is 722. The lowest BCUT2D eigenvalue weighted by Crippen LogP contribution is -2.38. The first-order valence-electron chi connectivity index (χ1n) is 8.41. The van der Waals surface area contributed by atoms with Crippen LogP contribution in [0.4, 0.5) is 4.39 Å². The van der Waals surface area contributed by atoms with E-state index in [4.69, 9.17) is 4.74 Å². The van der Waals surface area contributed by atoms with Crippen molar-refractivity contribution >= 4 is 17.7 Å². The highest BCUT2D eigenvalue weighted by molar-refractivity contribution is 8.00. The molecule has 0 unspecified atom stereocenters. The molecule has 2 aromatic carbocycles. The van der Waals surface area contributed by atoms with Gasteiger partial charge < -0.3 is 15.0 Å². The average molecular weight is 376 g/mol. The molecule has 0 saturated carbocycles. The Kier molecular flexibility index (Phi) is 7.48. The van der Waals surface area contributed by atoms with Gasteiger partial charge in [-0.25, -0.2) is 4.39 Å². The topological polar surface area (TPSA) is 41.6 Å². The largest absolute Gasteiger partial charge is 0.497 e. The summed E-state index contributed by atoms with van der Waals surface area (Å²) in [5.41, 5.74) is 0.839. The Balaban J connectivity index is 1.94. The van der Waals surface area contributed by atoms with Gasteiger partial charge in [0.15, 0.2) is 0 Å². The highest BCUT2D eigenvalue weighted by Crippen LogP contribution is 2.25. The molecule has 0 bridgehead atoms. The molecule has 0 aliphatic carbocycles. The molecule has 140 valence electrons. The number of ether oxygens (including phenoxy) is 1. The van der Waals surface area contributed by atoms with Crippen molar-refractivity contribution < 1.29 is 13.9 Å². The first-order valence-corrected chi connectivity index (χ1v) is 9.29. The molecule has 2 atom stereocenters. The van der Waals surface area contributed by atoms with Crippen molar-refractivity contribution in [3.8, 4) is 5.75 Å². The molecule has 0 aliphatic heterocycles. The molecule has 26 heavy (non-hydrogen) atoms. The zero-order chi connectivity index (χ0) is 19.1. The summed E-state index contributed by atoms with van der Waals surface area (Å²) in [4.78, 5) is 15.4. The number of nitrogens with one attached hydrogen (secondary N) is 1. The SMILES string of the molecule is COc1ccc(S[C@@H](C)C(=O)NC[C@@H](c2cccc(F)c2)N(C)C)cc1. The number of hydrogen-bond donors (Lipinski definition) is 1. The molecule has 6 heteroatoms. The van der Waals surface area contributed by atoms with Crippen LogP contribution in [0.25, 0.3) is 0 Å². The summed E-state index contributed by atoms with van der Waals surface area (Å²) >= 11 is 1.49. The number of amides is 1. The van der Waals surface area contributed by atoms with Gasteiger partial charge in [0.05, 0.1) is 18.4 Å². The molecule has 0 aliphatic rings. The Morgan fingerprint density at radius 2 is 1.92 bits per heavy atom. The zero-order valence-electron chi connectivity index (χ0n) is 15.5. The van der Waals surface area contributed by atoms with Crippen molar-refractivity contribution in [2.24, 2.45) is 0 Å². The van der Waals surface area contributed by atoms with Gasteiger partial charge in [0, 0.05) is 11.4 Å². The van der Waals surface area contributed by atoms with Crippen molar-refractivity contribution in [3.63, 3.8) is 0 Å². The van der Waals surface area contributed by atoms with E-state index in [1.165, 1.54) is 23.9 Å². The fraction of sp³-hybridized carbons (Fsp3) is 0.350. The van der Waals surface area contributed by atoms with E-state index in [1.54, 1.807) is 13.2 Å². The lowest BCUT2D eigenvalue weighted by molar-refractivity contribution is -0.120. The summed E-state index contributed by atoms with van der Waals surface area (Å²) in [7, 11) is 5.45. The molecule has 4 nitrogen and oxygen atoms in total. The molecule has 0 radical (unpaired) electrons. The third kappa shape index (κ3) is 5.75. The van der Waals surface area contributed by atoms with Crippen LogP contribution in [0, 0.1) is 5.82 Å². The van der Waals surface area contributed by atoms with Crippen LogP contribution in [0.3, 0.4) is 0 Å². The van der Waals surface area contributed by atoms with Crippen LogP contribution in [0.5, 0.6) is 5.75 Å². The van der Waals surface area contributed by atoms with E-state index in [0.29, 0.717) is 6.54 Å². The predicted octanol–water partition coefficient (Wildman–Crippen LogP) is 3.73. The molecule has 0 saturated heterocycles. The molecule has 2 aromatic rings. The number of carbonyl (C=O) groups excluding carboxylic acids is 1. The number of hydrogen-bond acceptors (Lipinski definition) is 4. The number of nitrogens with zero attached hydrogens (tertiary/aromatic N) is 1. The number of likely N-dealkylation sites (N-methyl/N-ethyl adjacent to an activating group) is 1. The van der Waals surface area contributed by atoms with Gasteiger partial charge in [0.25, 0.3) is 0 Å². The number of methoxy groups -OCH3 is 1. The average Bonchev–Trinajstić information content (AvgIpc) is 2.62. The molecule has 1 amide bonds. The summed E-state index contributed by atoms with van der Waals surface area (Å²) in [5, 5.41) is 2.74. The minimum atomic E-state index is -0.274. The molecule has 0 aromatic heterocycles. The maximum absolute atomic E-state index is 13.5. The van der Waals surface area contributed by atoms with Gasteiger partial charge in [-0.15, -0.1) is 11.8 Å². The van der Waals surface area contributed by atoms with Gasteiger partial charge in [-0.2, -0.15) is 0 Å². The minimum absolute atomic E-state index is 0.0472. The van der Waals surface area contributed by atoms with Crippen molar-refractivity contribution in [1.29, 1.82) is 0 Å². The molecular weight excluding hydrogens is 351 g/mol. The lowest BCUT2D eigenvalue weighted by atomic mass is 10.1. The molecule has 0 spiro atoms. The zero-order valence-corrected chi connectivity index (χ0v) is 16.3. The van der Waals surface area contributed by atoms with E-state index in [9.17, 15) is 9.18 Å². The molecule has 1 N–H and O–H groups in total. The number of halogens is 1. The fourth-order valence-corrected chi connectivity index (χ4v) is 3.46. The molecule has 0 heterocycles. The van der Waals surface area contributed by atoms with Crippen LogP contribution in [0.15, 0.2) is 53.4 Å². The summed E-state index contributed by atoms with van der Waals surface area (Å²) in [6.07, 6.45) is 0. The van der Waals surface area contributed by atoms with Crippen LogP contribution < -0.4 is 10.1 Å². The molecule has 2 rings (SSSR count). The van der Waals surface area contributed by atoms with Gasteiger partial charge in [0.2, 0.25) is 5.91 Å². The Labute approximate surface area is 158 Å². The van der Waals surface area contributed by atoms with E-state index in [-0.39, 0.29) is 23.0 Å². The van der Waals surface area contributed by atoms with E-state index in [1.807, 2.05) is 56.3 Å². The van der Waals surface area contributed by atoms with Crippen LogP contribution in [-0.2, 0) is 4.79 Å². The second kappa shape index (κ2) is 9.59. The Morgan fingerprint density at radius 1 is 1.23 bits per heavy atom. The van der Waals surface area contributed by atoms with E-state index in [2.05, 4.69) is 5.32 Å². The lowest BCUT2D eigenvalue weighted by Gasteiger charge is -2.25. The van der Waals surface area contributed by atoms with Crippen LogP contribution in [0.1, 0.15) is 18.5 Å². The second-order valence-electron chi connectivity index (χ2n) is 6.22. The van der Waals surface area contributed by atoms with Gasteiger partial charge in [-0.05, 0) is 63.0 Å². The van der Waals surface area contributed by atoms with Crippen LogP contribution in [-0.4, -0.2) is 43.8 Å². The van der Waals surface area contributed by atoms with Crippen LogP contribution in [0.2, 0.25) is 0 Å². The molecular formula is C20H25FN2O2S. The van der Waals surface area contributed by atoms with Crippen molar-refractivity contribution in [1.82, 2.24) is 10.2 Å². The number of benzene rings is 2. The number of rotatable bonds is 8. The summed E-state index contributed by atoms with van der Waals surface area (Å²) in [6, 6.07) is 14.0. The van der Waals surface area contributed by atoms with Crippen molar-refractivity contribution in [2.75, 3.05) is 27.7 Å². The van der Waals surface area contributed by atoms with E-state index >= 15 is 0 Å². The summed E-state index contributed by atoms with van der Waals surface area (Å²) in [5.74, 6) is 0.466. The first-order chi connectivity index (χ1) is 12.4. The maximum atomic E-state index is 13.5. The highest BCUT2D eigenvalue weighted by atomic mass is 32.2. The summed E-state index contributed by atoms with van der Waals surface area (Å²) in [6.45, 7) is 2.29. The Morgan fingerprint density at radius 3 is 2.50 bits per heavy atom. The molecule has 0 fully saturated rings. The normalized spacial score (nSPS) is 13.3. The smallest absolute Gasteiger partial charge is 0.233 e. The van der Waals surface area contributed by atoms with Gasteiger partial charge in [-0.3, -0.25) is 4.79 Å². The fourth-order valence-electron chi connectivity index (χ4n) is 2.57. The van der Waals surface area contributed by atoms with Gasteiger partial charge >= 0.3 is 0 Å². The third-order valence-electron chi connectivity index (χ3n) is 4.07. The number of thioether (sulfide) groups is 1. The van der Waals surface area contributed by atoms with E-state index in [0.717, 1.165) is 16.2 Å². The minimum Gasteiger partial charge on any atom is -0.497 e. The highest BCUT2D eigenvalue weighted by Gasteiger charge is 2.19. The van der Waals surface area contributed by atoms with Crippen molar-refractivity contribution in [2.45, 2.75) is 23.1 Å². The predicted molar refractivity (Wildman–Crippen MR) is 104 cm³/mol.